The smallest absolute Gasteiger partial charge is 0.237 e. The highest BCUT2D eigenvalue weighted by Gasteiger charge is 2.20. The molecule has 0 heterocycles. The van der Waals surface area contributed by atoms with Crippen LogP contribution in [0.5, 0.6) is 0 Å². The largest absolute Gasteiger partial charge is 0.394 e. The highest BCUT2D eigenvalue weighted by atomic mass is 16.3. The second-order valence-corrected chi connectivity index (χ2v) is 4.42. The highest BCUT2D eigenvalue weighted by molar-refractivity contribution is 5.82. The van der Waals surface area contributed by atoms with Crippen molar-refractivity contribution in [1.82, 2.24) is 5.32 Å². The van der Waals surface area contributed by atoms with Crippen molar-refractivity contribution in [2.24, 2.45) is 11.7 Å². The summed E-state index contributed by atoms with van der Waals surface area (Å²) in [7, 11) is 0. The van der Waals surface area contributed by atoms with Gasteiger partial charge in [0.25, 0.3) is 0 Å². The number of amides is 1. The maximum absolute atomic E-state index is 11.8. The van der Waals surface area contributed by atoms with Gasteiger partial charge >= 0.3 is 0 Å². The summed E-state index contributed by atoms with van der Waals surface area (Å²) >= 11 is 0. The summed E-state index contributed by atoms with van der Waals surface area (Å²) < 4.78 is 0. The van der Waals surface area contributed by atoms with Gasteiger partial charge in [0.1, 0.15) is 0 Å². The molecule has 1 unspecified atom stereocenters. The lowest BCUT2D eigenvalue weighted by Gasteiger charge is -2.21. The van der Waals surface area contributed by atoms with Crippen LogP contribution in [0.2, 0.25) is 0 Å². The van der Waals surface area contributed by atoms with Crippen LogP contribution in [-0.2, 0) is 4.79 Å². The monoisotopic (exact) mass is 236 g/mol. The van der Waals surface area contributed by atoms with Gasteiger partial charge in [-0.1, -0.05) is 44.2 Å². The SMILES string of the molecule is CC(C)[C@@H](N)C(=O)NC(CO)c1ccccc1. The molecule has 4 heteroatoms. The van der Waals surface area contributed by atoms with E-state index in [0.717, 1.165) is 5.56 Å². The molecule has 0 saturated heterocycles. The van der Waals surface area contributed by atoms with Crippen molar-refractivity contribution in [3.8, 4) is 0 Å². The molecule has 4 N–H and O–H groups in total. The molecule has 1 aromatic rings. The molecule has 17 heavy (non-hydrogen) atoms. The predicted octanol–water partition coefficient (Wildman–Crippen LogP) is 0.819. The molecule has 1 rings (SSSR count). The lowest BCUT2D eigenvalue weighted by Crippen LogP contribution is -2.45. The van der Waals surface area contributed by atoms with Gasteiger partial charge in [0.2, 0.25) is 5.91 Å². The average Bonchev–Trinajstić information content (AvgIpc) is 2.35. The first-order valence-corrected chi connectivity index (χ1v) is 5.78. The summed E-state index contributed by atoms with van der Waals surface area (Å²) in [6, 6.07) is 8.41. The molecular weight excluding hydrogens is 216 g/mol. The molecule has 1 amide bonds. The molecule has 0 aliphatic heterocycles. The van der Waals surface area contributed by atoms with Crippen molar-refractivity contribution in [2.45, 2.75) is 25.9 Å². The zero-order valence-electron chi connectivity index (χ0n) is 10.3. The molecule has 0 aromatic heterocycles. The number of aliphatic hydroxyl groups excluding tert-OH is 1. The van der Waals surface area contributed by atoms with E-state index in [9.17, 15) is 9.90 Å². The van der Waals surface area contributed by atoms with E-state index in [1.165, 1.54) is 0 Å². The fourth-order valence-corrected chi connectivity index (χ4v) is 1.49. The van der Waals surface area contributed by atoms with Crippen LogP contribution in [0.15, 0.2) is 30.3 Å². The summed E-state index contributed by atoms with van der Waals surface area (Å²) in [4.78, 5) is 11.8. The van der Waals surface area contributed by atoms with Gasteiger partial charge < -0.3 is 16.2 Å². The van der Waals surface area contributed by atoms with Crippen molar-refractivity contribution < 1.29 is 9.90 Å². The first-order valence-electron chi connectivity index (χ1n) is 5.78. The van der Waals surface area contributed by atoms with Crippen LogP contribution in [0, 0.1) is 5.92 Å². The number of benzene rings is 1. The standard InChI is InChI=1S/C13H20N2O2/c1-9(2)12(14)13(17)15-11(8-16)10-6-4-3-5-7-10/h3-7,9,11-12,16H,8,14H2,1-2H3,(H,15,17)/t11?,12-/m1/s1. The molecule has 0 aliphatic rings. The Morgan fingerprint density at radius 2 is 1.94 bits per heavy atom. The molecule has 94 valence electrons. The molecule has 1 aromatic carbocycles. The molecule has 2 atom stereocenters. The number of carbonyl (C=O) groups excluding carboxylic acids is 1. The zero-order valence-corrected chi connectivity index (χ0v) is 10.3. The molecular formula is C13H20N2O2. The normalized spacial score (nSPS) is 14.4. The third kappa shape index (κ3) is 3.84. The number of nitrogens with two attached hydrogens (primary N) is 1. The summed E-state index contributed by atoms with van der Waals surface area (Å²) in [5, 5.41) is 12.0. The first kappa shape index (κ1) is 13.7. The van der Waals surface area contributed by atoms with Gasteiger partial charge in [0, 0.05) is 0 Å². The Balaban J connectivity index is 2.68. The lowest BCUT2D eigenvalue weighted by molar-refractivity contribution is -0.124. The summed E-state index contributed by atoms with van der Waals surface area (Å²) in [5.74, 6) is -0.159. The van der Waals surface area contributed by atoms with Gasteiger partial charge in [-0.25, -0.2) is 0 Å². The number of aliphatic hydroxyl groups is 1. The van der Waals surface area contributed by atoms with Crippen molar-refractivity contribution in [3.63, 3.8) is 0 Å². The van der Waals surface area contributed by atoms with Gasteiger partial charge in [0.05, 0.1) is 18.7 Å². The van der Waals surface area contributed by atoms with Crippen molar-refractivity contribution in [1.29, 1.82) is 0 Å². The Morgan fingerprint density at radius 1 is 1.35 bits per heavy atom. The van der Waals surface area contributed by atoms with E-state index in [2.05, 4.69) is 5.32 Å². The second kappa shape index (κ2) is 6.37. The van der Waals surface area contributed by atoms with E-state index >= 15 is 0 Å². The van der Waals surface area contributed by atoms with Gasteiger partial charge in [-0.2, -0.15) is 0 Å². The van der Waals surface area contributed by atoms with Gasteiger partial charge in [0.15, 0.2) is 0 Å². The van der Waals surface area contributed by atoms with Gasteiger partial charge in [-0.05, 0) is 11.5 Å². The molecule has 0 bridgehead atoms. The second-order valence-electron chi connectivity index (χ2n) is 4.42. The van der Waals surface area contributed by atoms with Crippen LogP contribution in [0.3, 0.4) is 0 Å². The lowest BCUT2D eigenvalue weighted by atomic mass is 10.0. The van der Waals surface area contributed by atoms with Crippen LogP contribution in [0.25, 0.3) is 0 Å². The molecule has 0 spiro atoms. The van der Waals surface area contributed by atoms with E-state index in [1.807, 2.05) is 44.2 Å². The minimum atomic E-state index is -0.548. The number of carbonyl (C=O) groups is 1. The molecule has 0 radical (unpaired) electrons. The van der Waals surface area contributed by atoms with Crippen molar-refractivity contribution in [3.05, 3.63) is 35.9 Å². The Hall–Kier alpha value is -1.39. The third-order valence-corrected chi connectivity index (χ3v) is 2.72. The van der Waals surface area contributed by atoms with Crippen LogP contribution in [0.1, 0.15) is 25.5 Å². The Morgan fingerprint density at radius 3 is 2.41 bits per heavy atom. The zero-order chi connectivity index (χ0) is 12.8. The van der Waals surface area contributed by atoms with Crippen molar-refractivity contribution in [2.75, 3.05) is 6.61 Å². The minimum Gasteiger partial charge on any atom is -0.394 e. The molecule has 0 saturated carbocycles. The Labute approximate surface area is 102 Å². The Kier molecular flexibility index (Phi) is 5.12. The van der Waals surface area contributed by atoms with Crippen LogP contribution < -0.4 is 11.1 Å². The van der Waals surface area contributed by atoms with E-state index < -0.39 is 12.1 Å². The van der Waals surface area contributed by atoms with E-state index in [4.69, 9.17) is 5.73 Å². The number of rotatable bonds is 5. The predicted molar refractivity (Wildman–Crippen MR) is 67.2 cm³/mol. The number of hydrogen-bond acceptors (Lipinski definition) is 3. The molecule has 0 aliphatic carbocycles. The minimum absolute atomic E-state index is 0.0742. The van der Waals surface area contributed by atoms with E-state index in [0.29, 0.717) is 0 Å². The summed E-state index contributed by atoms with van der Waals surface area (Å²) in [5.41, 5.74) is 6.62. The van der Waals surface area contributed by atoms with Gasteiger partial charge in [-0.3, -0.25) is 4.79 Å². The fraction of sp³-hybridized carbons (Fsp3) is 0.462. The third-order valence-electron chi connectivity index (χ3n) is 2.72. The quantitative estimate of drug-likeness (QED) is 0.708. The summed E-state index contributed by atoms with van der Waals surface area (Å²) in [6.07, 6.45) is 0. The molecule has 0 fully saturated rings. The number of nitrogens with one attached hydrogen (secondary N) is 1. The highest BCUT2D eigenvalue weighted by Crippen LogP contribution is 2.12. The average molecular weight is 236 g/mol. The topological polar surface area (TPSA) is 75.4 Å². The van der Waals surface area contributed by atoms with Crippen molar-refractivity contribution >= 4 is 5.91 Å². The van der Waals surface area contributed by atoms with Crippen LogP contribution in [-0.4, -0.2) is 23.7 Å². The first-order chi connectivity index (χ1) is 8.06. The van der Waals surface area contributed by atoms with Gasteiger partial charge in [-0.15, -0.1) is 0 Å². The van der Waals surface area contributed by atoms with Crippen LogP contribution in [0.4, 0.5) is 0 Å². The fourth-order valence-electron chi connectivity index (χ4n) is 1.49. The molecule has 4 nitrogen and oxygen atoms in total. The Bertz CT molecular complexity index is 352. The maximum atomic E-state index is 11.8. The van der Waals surface area contributed by atoms with E-state index in [-0.39, 0.29) is 18.4 Å². The maximum Gasteiger partial charge on any atom is 0.237 e. The van der Waals surface area contributed by atoms with E-state index in [1.54, 1.807) is 0 Å². The van der Waals surface area contributed by atoms with Crippen LogP contribution >= 0.6 is 0 Å². The summed E-state index contributed by atoms with van der Waals surface area (Å²) in [6.45, 7) is 3.64. The number of hydrogen-bond donors (Lipinski definition) is 3.